The lowest BCUT2D eigenvalue weighted by Crippen LogP contribution is -2.51. The first kappa shape index (κ1) is 20.8. The third kappa shape index (κ3) is 3.22. The number of nitro groups is 1. The topological polar surface area (TPSA) is 85.0 Å². The van der Waals surface area contributed by atoms with Crippen LogP contribution in [0.5, 0.6) is 0 Å². The quantitative estimate of drug-likeness (QED) is 0.325. The van der Waals surface area contributed by atoms with Crippen molar-refractivity contribution in [3.63, 3.8) is 0 Å². The fraction of sp³-hybridized carbons (Fsp3) is 0.870. The Labute approximate surface area is 173 Å². The molecule has 4 rings (SSSR count). The lowest BCUT2D eigenvalue weighted by Gasteiger charge is -2.58. The van der Waals surface area contributed by atoms with Crippen molar-refractivity contribution in [3.8, 4) is 0 Å². The molecular formula is C23H36N2O4. The van der Waals surface area contributed by atoms with Crippen molar-refractivity contribution in [2.75, 3.05) is 13.7 Å². The summed E-state index contributed by atoms with van der Waals surface area (Å²) in [5.74, 6) is 1.84. The second kappa shape index (κ2) is 7.36. The van der Waals surface area contributed by atoms with Crippen LogP contribution in [-0.4, -0.2) is 35.5 Å². The van der Waals surface area contributed by atoms with Crippen molar-refractivity contribution >= 4 is 5.71 Å². The zero-order valence-electron chi connectivity index (χ0n) is 18.3. The number of fused-ring (bicyclic) bond motifs is 5. The maximum Gasteiger partial charge on any atom is 0.207 e. The van der Waals surface area contributed by atoms with E-state index in [2.05, 4.69) is 25.1 Å². The van der Waals surface area contributed by atoms with Crippen molar-refractivity contribution in [1.82, 2.24) is 0 Å². The van der Waals surface area contributed by atoms with Gasteiger partial charge in [-0.2, -0.15) is 0 Å². The summed E-state index contributed by atoms with van der Waals surface area (Å²) in [5, 5.41) is 25.9. The molecule has 29 heavy (non-hydrogen) atoms. The Hall–Kier alpha value is -1.43. The molecule has 0 bridgehead atoms. The molecule has 8 atom stereocenters. The molecule has 0 radical (unpaired) electrons. The third-order valence-corrected chi connectivity index (χ3v) is 9.32. The van der Waals surface area contributed by atoms with Crippen LogP contribution in [0.1, 0.15) is 65.7 Å². The molecule has 0 aliphatic heterocycles. The Bertz CT molecular complexity index is 734. The number of rotatable bonds is 4. The Morgan fingerprint density at radius 2 is 2.10 bits per heavy atom. The standard InChI is InChI=1S/C23H36N2O4/c1-14(24-29-4)21-15(13-25(27)28)11-20-18-6-5-16-12-17(26)7-9-22(16,2)19(18)8-10-23(20,21)3/h5,15,17-21,26H,6-13H2,1-4H3/b24-14+/t15-,17-,18-,19-,20+,21-,22-,23-/m0/s1. The molecule has 6 nitrogen and oxygen atoms in total. The second-order valence-electron chi connectivity index (χ2n) is 10.6. The molecule has 0 saturated heterocycles. The largest absolute Gasteiger partial charge is 0.399 e. The van der Waals surface area contributed by atoms with Crippen LogP contribution in [0.2, 0.25) is 0 Å². The number of hydrogen-bond acceptors (Lipinski definition) is 5. The number of aliphatic hydroxyl groups is 1. The summed E-state index contributed by atoms with van der Waals surface area (Å²) >= 11 is 0. The van der Waals surface area contributed by atoms with E-state index in [0.717, 1.165) is 44.2 Å². The highest BCUT2D eigenvalue weighted by Crippen LogP contribution is 2.67. The van der Waals surface area contributed by atoms with E-state index >= 15 is 0 Å². The van der Waals surface area contributed by atoms with Crippen LogP contribution in [0.15, 0.2) is 16.8 Å². The SMILES string of the molecule is CO/N=C(\C)[C@H]1[C@H](C[N+](=O)[O-])C[C@@H]2[C@H]3CC=C4C[C@@H](O)CC[C@]4(C)[C@H]3CC[C@@]21C. The molecule has 4 aliphatic rings. The summed E-state index contributed by atoms with van der Waals surface area (Å²) in [7, 11) is 1.56. The van der Waals surface area contributed by atoms with E-state index in [-0.39, 0.29) is 40.2 Å². The normalized spacial score (nSPS) is 46.9. The molecule has 0 aromatic rings. The van der Waals surface area contributed by atoms with Gasteiger partial charge in [-0.1, -0.05) is 30.7 Å². The van der Waals surface area contributed by atoms with Crippen LogP contribution in [0.25, 0.3) is 0 Å². The molecule has 0 amide bonds. The van der Waals surface area contributed by atoms with Crippen LogP contribution >= 0.6 is 0 Å². The van der Waals surface area contributed by atoms with Gasteiger partial charge in [0.25, 0.3) is 0 Å². The van der Waals surface area contributed by atoms with Gasteiger partial charge < -0.3 is 9.94 Å². The lowest BCUT2D eigenvalue weighted by molar-refractivity contribution is -0.489. The van der Waals surface area contributed by atoms with Crippen LogP contribution < -0.4 is 0 Å². The minimum atomic E-state index is -0.187. The monoisotopic (exact) mass is 404 g/mol. The van der Waals surface area contributed by atoms with Gasteiger partial charge in [0.15, 0.2) is 0 Å². The van der Waals surface area contributed by atoms with Crippen LogP contribution in [-0.2, 0) is 4.84 Å². The molecule has 0 aromatic heterocycles. The van der Waals surface area contributed by atoms with Gasteiger partial charge >= 0.3 is 0 Å². The Morgan fingerprint density at radius 3 is 2.79 bits per heavy atom. The zero-order chi connectivity index (χ0) is 21.0. The molecule has 1 N–H and O–H groups in total. The van der Waals surface area contributed by atoms with Crippen LogP contribution in [0.3, 0.4) is 0 Å². The third-order valence-electron chi connectivity index (χ3n) is 9.32. The molecule has 6 heteroatoms. The first-order chi connectivity index (χ1) is 13.7. The fourth-order valence-electron chi connectivity index (χ4n) is 8.21. The van der Waals surface area contributed by atoms with E-state index in [1.54, 1.807) is 7.11 Å². The predicted octanol–water partition coefficient (Wildman–Crippen LogP) is 4.45. The molecule has 0 aromatic carbocycles. The second-order valence-corrected chi connectivity index (χ2v) is 10.6. The van der Waals surface area contributed by atoms with Gasteiger partial charge in [0, 0.05) is 16.8 Å². The molecule has 0 spiro atoms. The Morgan fingerprint density at radius 1 is 1.34 bits per heavy atom. The van der Waals surface area contributed by atoms with Gasteiger partial charge in [-0.3, -0.25) is 10.1 Å². The van der Waals surface area contributed by atoms with Gasteiger partial charge in [-0.05, 0) is 80.5 Å². The highest BCUT2D eigenvalue weighted by molar-refractivity contribution is 5.85. The van der Waals surface area contributed by atoms with E-state index in [0.29, 0.717) is 17.8 Å². The predicted molar refractivity (Wildman–Crippen MR) is 112 cm³/mol. The Kier molecular flexibility index (Phi) is 5.29. The first-order valence-corrected chi connectivity index (χ1v) is 11.3. The fourth-order valence-corrected chi connectivity index (χ4v) is 8.21. The molecule has 3 saturated carbocycles. The summed E-state index contributed by atoms with van der Waals surface area (Å²) in [6, 6.07) is 0. The Balaban J connectivity index is 1.68. The van der Waals surface area contributed by atoms with Gasteiger partial charge in [0.2, 0.25) is 6.54 Å². The van der Waals surface area contributed by atoms with Crippen LogP contribution in [0, 0.1) is 50.5 Å². The molecular weight excluding hydrogens is 368 g/mol. The van der Waals surface area contributed by atoms with Gasteiger partial charge in [-0.15, -0.1) is 0 Å². The van der Waals surface area contributed by atoms with Crippen molar-refractivity contribution in [2.24, 2.45) is 45.6 Å². The smallest absolute Gasteiger partial charge is 0.207 e. The number of oxime groups is 1. The van der Waals surface area contributed by atoms with Crippen molar-refractivity contribution < 1.29 is 14.9 Å². The van der Waals surface area contributed by atoms with E-state index in [4.69, 9.17) is 4.84 Å². The minimum absolute atomic E-state index is 0.0231. The maximum atomic E-state index is 11.4. The van der Waals surface area contributed by atoms with E-state index in [1.807, 2.05) is 6.92 Å². The molecule has 0 heterocycles. The molecule has 3 fully saturated rings. The summed E-state index contributed by atoms with van der Waals surface area (Å²) in [6.07, 6.45) is 9.26. The van der Waals surface area contributed by atoms with Crippen molar-refractivity contribution in [2.45, 2.75) is 71.8 Å². The minimum Gasteiger partial charge on any atom is -0.399 e. The highest BCUT2D eigenvalue weighted by Gasteiger charge is 2.62. The van der Waals surface area contributed by atoms with Crippen molar-refractivity contribution in [1.29, 1.82) is 0 Å². The number of allylic oxidation sites excluding steroid dienone is 1. The van der Waals surface area contributed by atoms with Gasteiger partial charge in [-0.25, -0.2) is 0 Å². The lowest BCUT2D eigenvalue weighted by atomic mass is 9.47. The average Bonchev–Trinajstić information content (AvgIpc) is 2.93. The summed E-state index contributed by atoms with van der Waals surface area (Å²) in [4.78, 5) is 16.4. The van der Waals surface area contributed by atoms with Gasteiger partial charge in [0.1, 0.15) is 7.11 Å². The van der Waals surface area contributed by atoms with E-state index in [1.165, 1.54) is 12.0 Å². The van der Waals surface area contributed by atoms with E-state index < -0.39 is 0 Å². The maximum absolute atomic E-state index is 11.4. The first-order valence-electron chi connectivity index (χ1n) is 11.3. The van der Waals surface area contributed by atoms with Gasteiger partial charge in [0.05, 0.1) is 11.8 Å². The summed E-state index contributed by atoms with van der Waals surface area (Å²) in [6.45, 7) is 6.79. The number of hydrogen-bond donors (Lipinski definition) is 1. The average molecular weight is 405 g/mol. The summed E-state index contributed by atoms with van der Waals surface area (Å²) in [5.41, 5.74) is 2.62. The number of nitrogens with zero attached hydrogens (tertiary/aromatic N) is 2. The van der Waals surface area contributed by atoms with Crippen molar-refractivity contribution in [3.05, 3.63) is 21.8 Å². The molecule has 0 unspecified atom stereocenters. The van der Waals surface area contributed by atoms with E-state index in [9.17, 15) is 15.2 Å². The number of aliphatic hydroxyl groups excluding tert-OH is 1. The zero-order valence-corrected chi connectivity index (χ0v) is 18.3. The highest BCUT2D eigenvalue weighted by atomic mass is 16.6. The van der Waals surface area contributed by atoms with Crippen LogP contribution in [0.4, 0.5) is 0 Å². The summed E-state index contributed by atoms with van der Waals surface area (Å²) < 4.78 is 0. The molecule has 4 aliphatic carbocycles. The molecule has 162 valence electrons.